The van der Waals surface area contributed by atoms with Crippen LogP contribution in [-0.2, 0) is 4.74 Å². The van der Waals surface area contributed by atoms with E-state index < -0.39 is 11.7 Å². The molecule has 4 heteroatoms. The lowest BCUT2D eigenvalue weighted by Crippen LogP contribution is -2.36. The molecule has 0 bridgehead atoms. The number of para-hydroxylation sites is 1. The minimum Gasteiger partial charge on any atom is -0.444 e. The van der Waals surface area contributed by atoms with Gasteiger partial charge in [0.2, 0.25) is 0 Å². The van der Waals surface area contributed by atoms with Crippen LogP contribution in [0.3, 0.4) is 0 Å². The number of benzene rings is 1. The molecular weight excluding hydrogens is 228 g/mol. The third kappa shape index (κ3) is 3.23. The molecule has 0 radical (unpaired) electrons. The number of amides is 1. The summed E-state index contributed by atoms with van der Waals surface area (Å²) in [6, 6.07) is 8.17. The fraction of sp³-hybridized carbons (Fsp3) is 0.500. The molecule has 1 heterocycles. The number of anilines is 1. The summed E-state index contributed by atoms with van der Waals surface area (Å²) in [4.78, 5) is 11.8. The molecule has 0 aromatic heterocycles. The number of rotatable bonds is 2. The number of nitrogens with one attached hydrogen (secondary N) is 2. The average molecular weight is 248 g/mol. The largest absolute Gasteiger partial charge is 0.444 e. The van der Waals surface area contributed by atoms with Crippen LogP contribution in [0, 0.1) is 0 Å². The van der Waals surface area contributed by atoms with Crippen LogP contribution < -0.4 is 10.6 Å². The summed E-state index contributed by atoms with van der Waals surface area (Å²) in [7, 11) is 0. The van der Waals surface area contributed by atoms with Crippen LogP contribution in [0.25, 0.3) is 0 Å². The fourth-order valence-electron chi connectivity index (χ4n) is 1.88. The molecule has 0 saturated carbocycles. The highest BCUT2D eigenvalue weighted by Crippen LogP contribution is 2.29. The topological polar surface area (TPSA) is 50.4 Å². The molecule has 1 unspecified atom stereocenters. The van der Waals surface area contributed by atoms with E-state index >= 15 is 0 Å². The molecule has 1 aromatic carbocycles. The van der Waals surface area contributed by atoms with Gasteiger partial charge in [0.1, 0.15) is 5.60 Å². The first kappa shape index (κ1) is 12.9. The zero-order chi connectivity index (χ0) is 13.2. The molecule has 2 rings (SSSR count). The smallest absolute Gasteiger partial charge is 0.412 e. The second-order valence-electron chi connectivity index (χ2n) is 5.51. The summed E-state index contributed by atoms with van der Waals surface area (Å²) >= 11 is 0. The number of hydrogen-bond acceptors (Lipinski definition) is 3. The second-order valence-corrected chi connectivity index (χ2v) is 5.51. The maximum atomic E-state index is 11.8. The summed E-state index contributed by atoms with van der Waals surface area (Å²) < 4.78 is 5.26. The van der Waals surface area contributed by atoms with Crippen LogP contribution in [0.5, 0.6) is 0 Å². The summed E-state index contributed by atoms with van der Waals surface area (Å²) in [6.45, 7) is 6.59. The second kappa shape index (κ2) is 4.98. The van der Waals surface area contributed by atoms with Crippen molar-refractivity contribution in [1.82, 2.24) is 5.32 Å². The molecule has 0 aliphatic carbocycles. The van der Waals surface area contributed by atoms with Crippen molar-refractivity contribution in [2.45, 2.75) is 38.8 Å². The van der Waals surface area contributed by atoms with E-state index in [1.54, 1.807) is 0 Å². The number of hydrogen-bond donors (Lipinski definition) is 2. The van der Waals surface area contributed by atoms with Gasteiger partial charge < -0.3 is 10.1 Å². The monoisotopic (exact) mass is 248 g/mol. The van der Waals surface area contributed by atoms with Gasteiger partial charge >= 0.3 is 6.09 Å². The highest BCUT2D eigenvalue weighted by molar-refractivity contribution is 5.86. The van der Waals surface area contributed by atoms with Crippen molar-refractivity contribution < 1.29 is 9.53 Å². The minimum atomic E-state index is -0.478. The van der Waals surface area contributed by atoms with E-state index in [0.717, 1.165) is 24.2 Å². The first-order valence-corrected chi connectivity index (χ1v) is 6.28. The molecule has 1 aromatic rings. The molecule has 1 aliphatic heterocycles. The highest BCUT2D eigenvalue weighted by atomic mass is 16.6. The van der Waals surface area contributed by atoms with Crippen molar-refractivity contribution in [2.75, 3.05) is 11.9 Å². The lowest BCUT2D eigenvalue weighted by atomic mass is 9.96. The fourth-order valence-corrected chi connectivity index (χ4v) is 1.88. The Hall–Kier alpha value is -1.55. The first-order chi connectivity index (χ1) is 8.46. The summed E-state index contributed by atoms with van der Waals surface area (Å²) in [5.74, 6) is 0. The zero-order valence-corrected chi connectivity index (χ0v) is 11.1. The van der Waals surface area contributed by atoms with Gasteiger partial charge in [0.05, 0.1) is 0 Å². The molecule has 1 atom stereocenters. The van der Waals surface area contributed by atoms with E-state index in [4.69, 9.17) is 4.74 Å². The van der Waals surface area contributed by atoms with E-state index in [1.807, 2.05) is 45.0 Å². The van der Waals surface area contributed by atoms with E-state index in [1.165, 1.54) is 0 Å². The Labute approximate surface area is 108 Å². The van der Waals surface area contributed by atoms with Gasteiger partial charge in [-0.2, -0.15) is 0 Å². The van der Waals surface area contributed by atoms with Gasteiger partial charge in [-0.15, -0.1) is 0 Å². The van der Waals surface area contributed by atoms with E-state index in [0.29, 0.717) is 6.04 Å². The molecular formula is C14H20N2O2. The average Bonchev–Trinajstić information content (AvgIpc) is 2.15. The maximum Gasteiger partial charge on any atom is 0.412 e. The maximum absolute atomic E-state index is 11.8. The Morgan fingerprint density at radius 2 is 2.06 bits per heavy atom. The quantitative estimate of drug-likeness (QED) is 0.845. The van der Waals surface area contributed by atoms with Gasteiger partial charge in [-0.05, 0) is 45.4 Å². The van der Waals surface area contributed by atoms with Crippen LogP contribution >= 0.6 is 0 Å². The Morgan fingerprint density at radius 1 is 1.39 bits per heavy atom. The molecule has 98 valence electrons. The molecule has 2 N–H and O–H groups in total. The molecule has 0 spiro atoms. The lowest BCUT2D eigenvalue weighted by molar-refractivity contribution is 0.0635. The van der Waals surface area contributed by atoms with Gasteiger partial charge in [0.15, 0.2) is 0 Å². The van der Waals surface area contributed by atoms with Crippen molar-refractivity contribution in [2.24, 2.45) is 0 Å². The molecule has 4 nitrogen and oxygen atoms in total. The van der Waals surface area contributed by atoms with Gasteiger partial charge in [-0.1, -0.05) is 18.2 Å². The van der Waals surface area contributed by atoms with Crippen molar-refractivity contribution >= 4 is 11.8 Å². The third-order valence-corrected chi connectivity index (χ3v) is 2.80. The normalized spacial score (nSPS) is 18.9. The molecule has 1 saturated heterocycles. The van der Waals surface area contributed by atoms with E-state index in [9.17, 15) is 4.79 Å². The summed E-state index contributed by atoms with van der Waals surface area (Å²) in [5.41, 5.74) is 1.46. The third-order valence-electron chi connectivity index (χ3n) is 2.80. The van der Waals surface area contributed by atoms with Crippen molar-refractivity contribution in [3.05, 3.63) is 29.8 Å². The van der Waals surface area contributed by atoms with Gasteiger partial charge in [0, 0.05) is 11.7 Å². The first-order valence-electron chi connectivity index (χ1n) is 6.28. The van der Waals surface area contributed by atoms with Crippen LogP contribution in [0.1, 0.15) is 38.8 Å². The molecule has 18 heavy (non-hydrogen) atoms. The summed E-state index contributed by atoms with van der Waals surface area (Å²) in [5, 5.41) is 6.15. The zero-order valence-electron chi connectivity index (χ0n) is 11.1. The Kier molecular flexibility index (Phi) is 3.57. The van der Waals surface area contributed by atoms with Crippen LogP contribution in [0.2, 0.25) is 0 Å². The number of ether oxygens (including phenoxy) is 1. The van der Waals surface area contributed by atoms with Crippen molar-refractivity contribution in [1.29, 1.82) is 0 Å². The SMILES string of the molecule is CC(C)(C)OC(=O)Nc1ccccc1C1CCN1. The van der Waals surface area contributed by atoms with E-state index in [-0.39, 0.29) is 0 Å². The molecule has 1 amide bonds. The van der Waals surface area contributed by atoms with Gasteiger partial charge in [0.25, 0.3) is 0 Å². The molecule has 1 fully saturated rings. The minimum absolute atomic E-state index is 0.344. The van der Waals surface area contributed by atoms with Gasteiger partial charge in [-0.3, -0.25) is 5.32 Å². The number of carbonyl (C=O) groups is 1. The predicted molar refractivity (Wildman–Crippen MR) is 71.7 cm³/mol. The number of carbonyl (C=O) groups excluding carboxylic acids is 1. The Balaban J connectivity index is 2.06. The van der Waals surface area contributed by atoms with Crippen LogP contribution in [-0.4, -0.2) is 18.2 Å². The van der Waals surface area contributed by atoms with E-state index in [2.05, 4.69) is 10.6 Å². The van der Waals surface area contributed by atoms with Gasteiger partial charge in [-0.25, -0.2) is 4.79 Å². The van der Waals surface area contributed by atoms with Crippen LogP contribution in [0.4, 0.5) is 10.5 Å². The summed E-state index contributed by atoms with van der Waals surface area (Å²) in [6.07, 6.45) is 0.696. The predicted octanol–water partition coefficient (Wildman–Crippen LogP) is 3.07. The standard InChI is InChI=1S/C14H20N2O2/c1-14(2,3)18-13(17)16-12-7-5-4-6-10(12)11-8-9-15-11/h4-7,11,15H,8-9H2,1-3H3,(H,16,17). The Bertz CT molecular complexity index is 434. The van der Waals surface area contributed by atoms with Crippen molar-refractivity contribution in [3.63, 3.8) is 0 Å². The Morgan fingerprint density at radius 3 is 2.61 bits per heavy atom. The highest BCUT2D eigenvalue weighted by Gasteiger charge is 2.23. The van der Waals surface area contributed by atoms with Crippen LogP contribution in [0.15, 0.2) is 24.3 Å². The lowest BCUT2D eigenvalue weighted by Gasteiger charge is -2.30. The van der Waals surface area contributed by atoms with Crippen molar-refractivity contribution in [3.8, 4) is 0 Å². The molecule has 1 aliphatic rings.